The van der Waals surface area contributed by atoms with Crippen LogP contribution >= 0.6 is 11.3 Å². The summed E-state index contributed by atoms with van der Waals surface area (Å²) in [5.41, 5.74) is 2.47. The van der Waals surface area contributed by atoms with Crippen LogP contribution in [-0.4, -0.2) is 34.4 Å². The van der Waals surface area contributed by atoms with E-state index in [9.17, 15) is 19.7 Å². The number of hydrogen-bond acceptors (Lipinski definition) is 7. The van der Waals surface area contributed by atoms with E-state index >= 15 is 0 Å². The summed E-state index contributed by atoms with van der Waals surface area (Å²) < 4.78 is 5.74. The van der Waals surface area contributed by atoms with Crippen molar-refractivity contribution >= 4 is 40.2 Å². The fourth-order valence-corrected chi connectivity index (χ4v) is 4.42. The van der Waals surface area contributed by atoms with E-state index < -0.39 is 16.9 Å². The first kappa shape index (κ1) is 22.4. The van der Waals surface area contributed by atoms with Crippen molar-refractivity contribution in [2.75, 3.05) is 16.8 Å². The fraction of sp³-hybridized carbons (Fsp3) is 0.261. The van der Waals surface area contributed by atoms with Crippen LogP contribution in [-0.2, 0) is 16.0 Å². The van der Waals surface area contributed by atoms with Gasteiger partial charge in [-0.25, -0.2) is 4.98 Å². The van der Waals surface area contributed by atoms with Crippen molar-refractivity contribution in [2.45, 2.75) is 32.8 Å². The standard InChI is InChI=1S/C23H22N4O5S/c1-3-4-22-25-18(13-33-22)15-5-10-20-19(11-15)26(23(29)14(2)32-20)12-21(28)24-16-6-8-17(9-7-16)27(30)31/h5-11,13-14H,3-4,12H2,1-2H3,(H,24,28). The van der Waals surface area contributed by atoms with Crippen LogP contribution in [0.1, 0.15) is 25.3 Å². The van der Waals surface area contributed by atoms with Gasteiger partial charge in [0.25, 0.3) is 11.6 Å². The number of nitro benzene ring substituents is 1. The van der Waals surface area contributed by atoms with Crippen molar-refractivity contribution in [1.82, 2.24) is 4.98 Å². The molecule has 0 fully saturated rings. The number of benzene rings is 2. The molecule has 3 aromatic rings. The van der Waals surface area contributed by atoms with Gasteiger partial charge in [-0.2, -0.15) is 0 Å². The van der Waals surface area contributed by atoms with Crippen LogP contribution in [0.25, 0.3) is 11.3 Å². The Kier molecular flexibility index (Phi) is 6.36. The van der Waals surface area contributed by atoms with E-state index in [1.165, 1.54) is 29.2 Å². The van der Waals surface area contributed by atoms with Crippen LogP contribution in [0.3, 0.4) is 0 Å². The monoisotopic (exact) mass is 466 g/mol. The Morgan fingerprint density at radius 3 is 2.73 bits per heavy atom. The third kappa shape index (κ3) is 4.85. The maximum atomic E-state index is 12.9. The third-order valence-electron chi connectivity index (χ3n) is 5.14. The number of aryl methyl sites for hydroxylation is 1. The van der Waals surface area contributed by atoms with Crippen molar-refractivity contribution in [3.8, 4) is 17.0 Å². The lowest BCUT2D eigenvalue weighted by molar-refractivity contribution is -0.384. The molecule has 0 spiro atoms. The molecule has 1 unspecified atom stereocenters. The van der Waals surface area contributed by atoms with Crippen molar-refractivity contribution in [3.05, 3.63) is 63.0 Å². The lowest BCUT2D eigenvalue weighted by Gasteiger charge is -2.32. The molecule has 1 N–H and O–H groups in total. The number of carbonyl (C=O) groups is 2. The Bertz CT molecular complexity index is 1210. The molecular formula is C23H22N4O5S. The van der Waals surface area contributed by atoms with E-state index in [2.05, 4.69) is 17.2 Å². The third-order valence-corrected chi connectivity index (χ3v) is 6.05. The molecule has 1 aromatic heterocycles. The molecule has 2 aromatic carbocycles. The zero-order valence-electron chi connectivity index (χ0n) is 18.1. The van der Waals surface area contributed by atoms with E-state index in [-0.39, 0.29) is 18.1 Å². The Balaban J connectivity index is 1.57. The molecule has 0 radical (unpaired) electrons. The first-order valence-corrected chi connectivity index (χ1v) is 11.3. The number of thiazole rings is 1. The number of non-ortho nitro benzene ring substituents is 1. The van der Waals surface area contributed by atoms with Gasteiger partial charge < -0.3 is 10.1 Å². The number of anilines is 2. The van der Waals surface area contributed by atoms with E-state index in [0.717, 1.165) is 29.1 Å². The summed E-state index contributed by atoms with van der Waals surface area (Å²) in [5.74, 6) is -0.247. The van der Waals surface area contributed by atoms with Crippen LogP contribution < -0.4 is 15.0 Å². The first-order valence-electron chi connectivity index (χ1n) is 10.5. The molecule has 1 atom stereocenters. The normalized spacial score (nSPS) is 15.0. The van der Waals surface area contributed by atoms with Crippen LogP contribution in [0.2, 0.25) is 0 Å². The number of fused-ring (bicyclic) bond motifs is 1. The second kappa shape index (κ2) is 9.37. The van der Waals surface area contributed by atoms with Crippen molar-refractivity contribution in [1.29, 1.82) is 0 Å². The number of hydrogen-bond donors (Lipinski definition) is 1. The molecule has 0 bridgehead atoms. The van der Waals surface area contributed by atoms with Crippen LogP contribution in [0.4, 0.5) is 17.1 Å². The van der Waals surface area contributed by atoms with Gasteiger partial charge in [-0.3, -0.25) is 24.6 Å². The van der Waals surface area contributed by atoms with E-state index in [1.807, 2.05) is 17.5 Å². The molecule has 4 rings (SSSR count). The van der Waals surface area contributed by atoms with Crippen molar-refractivity contribution in [3.63, 3.8) is 0 Å². The van der Waals surface area contributed by atoms with Gasteiger partial charge in [-0.05, 0) is 50.1 Å². The predicted octanol–water partition coefficient (Wildman–Crippen LogP) is 4.42. The molecule has 2 amide bonds. The molecule has 0 saturated carbocycles. The number of amides is 2. The van der Waals surface area contributed by atoms with Crippen LogP contribution in [0.15, 0.2) is 47.8 Å². The molecule has 2 heterocycles. The molecule has 33 heavy (non-hydrogen) atoms. The summed E-state index contributed by atoms with van der Waals surface area (Å²) >= 11 is 1.59. The molecular weight excluding hydrogens is 444 g/mol. The second-order valence-electron chi connectivity index (χ2n) is 7.60. The van der Waals surface area contributed by atoms with E-state index in [0.29, 0.717) is 17.1 Å². The summed E-state index contributed by atoms with van der Waals surface area (Å²) in [7, 11) is 0. The fourth-order valence-electron chi connectivity index (χ4n) is 3.51. The summed E-state index contributed by atoms with van der Waals surface area (Å²) in [6.45, 7) is 3.51. The molecule has 170 valence electrons. The van der Waals surface area contributed by atoms with Gasteiger partial charge in [0.05, 0.1) is 21.3 Å². The largest absolute Gasteiger partial charge is 0.479 e. The Labute approximate surface area is 194 Å². The van der Waals surface area contributed by atoms with Crippen LogP contribution in [0, 0.1) is 10.1 Å². The molecule has 9 nitrogen and oxygen atoms in total. The van der Waals surface area contributed by atoms with Crippen molar-refractivity contribution in [2.24, 2.45) is 0 Å². The average Bonchev–Trinajstić information content (AvgIpc) is 3.26. The molecule has 1 aliphatic heterocycles. The lowest BCUT2D eigenvalue weighted by atomic mass is 10.1. The Morgan fingerprint density at radius 1 is 1.27 bits per heavy atom. The maximum Gasteiger partial charge on any atom is 0.269 e. The minimum absolute atomic E-state index is 0.0734. The molecule has 10 heteroatoms. The smallest absolute Gasteiger partial charge is 0.269 e. The van der Waals surface area contributed by atoms with Gasteiger partial charge in [-0.15, -0.1) is 11.3 Å². The minimum Gasteiger partial charge on any atom is -0.479 e. The van der Waals surface area contributed by atoms with Gasteiger partial charge in [0.15, 0.2) is 6.10 Å². The highest BCUT2D eigenvalue weighted by Crippen LogP contribution is 2.37. The second-order valence-corrected chi connectivity index (χ2v) is 8.54. The maximum absolute atomic E-state index is 12.9. The Hall–Kier alpha value is -3.79. The summed E-state index contributed by atoms with van der Waals surface area (Å²) in [6.07, 6.45) is 1.18. The van der Waals surface area contributed by atoms with Crippen molar-refractivity contribution < 1.29 is 19.2 Å². The number of nitro groups is 1. The highest BCUT2D eigenvalue weighted by Gasteiger charge is 2.33. The van der Waals surface area contributed by atoms with Gasteiger partial charge >= 0.3 is 0 Å². The number of aromatic nitrogens is 1. The topological polar surface area (TPSA) is 115 Å². The minimum atomic E-state index is -0.731. The highest BCUT2D eigenvalue weighted by atomic mass is 32.1. The number of nitrogens with zero attached hydrogens (tertiary/aromatic N) is 3. The SMILES string of the molecule is CCCc1nc(-c2ccc3c(c2)N(CC(=O)Nc2ccc([N+](=O)[O-])cc2)C(=O)C(C)O3)cs1. The number of rotatable bonds is 7. The Morgan fingerprint density at radius 2 is 2.03 bits per heavy atom. The zero-order chi connectivity index (χ0) is 23.5. The van der Waals surface area contributed by atoms with Crippen LogP contribution in [0.5, 0.6) is 5.75 Å². The average molecular weight is 467 g/mol. The number of ether oxygens (including phenoxy) is 1. The highest BCUT2D eigenvalue weighted by molar-refractivity contribution is 7.09. The van der Waals surface area contributed by atoms with E-state index in [4.69, 9.17) is 4.74 Å². The lowest BCUT2D eigenvalue weighted by Crippen LogP contribution is -2.47. The van der Waals surface area contributed by atoms with Gasteiger partial charge in [0.1, 0.15) is 12.3 Å². The predicted molar refractivity (Wildman–Crippen MR) is 126 cm³/mol. The molecule has 0 saturated heterocycles. The number of carbonyl (C=O) groups excluding carboxylic acids is 2. The summed E-state index contributed by atoms with van der Waals surface area (Å²) in [6, 6.07) is 11.0. The zero-order valence-corrected chi connectivity index (χ0v) is 18.9. The number of nitrogens with one attached hydrogen (secondary N) is 1. The summed E-state index contributed by atoms with van der Waals surface area (Å²) in [5, 5.41) is 16.5. The van der Waals surface area contributed by atoms with Gasteiger partial charge in [-0.1, -0.05) is 6.92 Å². The quantitative estimate of drug-likeness (QED) is 0.407. The van der Waals surface area contributed by atoms with Gasteiger partial charge in [0.2, 0.25) is 5.91 Å². The van der Waals surface area contributed by atoms with E-state index in [1.54, 1.807) is 24.3 Å². The molecule has 0 aliphatic carbocycles. The molecule has 1 aliphatic rings. The van der Waals surface area contributed by atoms with Gasteiger partial charge in [0, 0.05) is 28.8 Å². The summed E-state index contributed by atoms with van der Waals surface area (Å²) in [4.78, 5) is 41.9. The first-order chi connectivity index (χ1) is 15.9.